The van der Waals surface area contributed by atoms with Gasteiger partial charge in [0.2, 0.25) is 10.0 Å². The standard InChI is InChI=1S/C14H25N3O2S/c1-5-14(6-2,7-3)17-11-8-9-13(12(15)10-11)20(18,19)16-4/h8-10,16-17H,5-7,15H2,1-4H3. The van der Waals surface area contributed by atoms with Crippen LogP contribution in [0.3, 0.4) is 0 Å². The molecule has 6 heteroatoms. The average molecular weight is 299 g/mol. The Morgan fingerprint density at radius 1 is 1.15 bits per heavy atom. The van der Waals surface area contributed by atoms with Crippen molar-refractivity contribution in [1.82, 2.24) is 4.72 Å². The van der Waals surface area contributed by atoms with E-state index in [1.807, 2.05) is 0 Å². The van der Waals surface area contributed by atoms with E-state index in [1.54, 1.807) is 12.1 Å². The summed E-state index contributed by atoms with van der Waals surface area (Å²) in [5.74, 6) is 0. The van der Waals surface area contributed by atoms with E-state index in [0.717, 1.165) is 24.9 Å². The number of nitrogens with one attached hydrogen (secondary N) is 2. The van der Waals surface area contributed by atoms with E-state index in [0.29, 0.717) is 0 Å². The number of sulfonamides is 1. The zero-order valence-corrected chi connectivity index (χ0v) is 13.5. The Hall–Kier alpha value is -1.27. The molecule has 4 N–H and O–H groups in total. The Bertz CT molecular complexity index is 543. The highest BCUT2D eigenvalue weighted by Gasteiger charge is 2.24. The molecule has 0 aliphatic carbocycles. The predicted molar refractivity (Wildman–Crippen MR) is 84.3 cm³/mol. The summed E-state index contributed by atoms with van der Waals surface area (Å²) >= 11 is 0. The maximum Gasteiger partial charge on any atom is 0.242 e. The molecule has 20 heavy (non-hydrogen) atoms. The van der Waals surface area contributed by atoms with Crippen molar-refractivity contribution in [3.8, 4) is 0 Å². The summed E-state index contributed by atoms with van der Waals surface area (Å²) in [6, 6.07) is 4.98. The third-order valence-corrected chi connectivity index (χ3v) is 5.50. The normalized spacial score (nSPS) is 12.4. The van der Waals surface area contributed by atoms with Gasteiger partial charge in [0.05, 0.1) is 5.69 Å². The second-order valence-electron chi connectivity index (χ2n) is 4.93. The number of nitrogen functional groups attached to an aromatic ring is 1. The fourth-order valence-electron chi connectivity index (χ4n) is 2.30. The molecule has 0 amide bonds. The van der Waals surface area contributed by atoms with Crippen molar-refractivity contribution in [2.24, 2.45) is 0 Å². The molecule has 1 aromatic carbocycles. The zero-order valence-electron chi connectivity index (χ0n) is 12.7. The molecule has 0 spiro atoms. The predicted octanol–water partition coefficient (Wildman–Crippen LogP) is 2.56. The zero-order chi connectivity index (χ0) is 15.4. The van der Waals surface area contributed by atoms with E-state index in [-0.39, 0.29) is 16.1 Å². The van der Waals surface area contributed by atoms with Gasteiger partial charge < -0.3 is 11.1 Å². The van der Waals surface area contributed by atoms with Gasteiger partial charge in [0.25, 0.3) is 0 Å². The van der Waals surface area contributed by atoms with Crippen LogP contribution in [-0.2, 0) is 10.0 Å². The highest BCUT2D eigenvalue weighted by atomic mass is 32.2. The van der Waals surface area contributed by atoms with Gasteiger partial charge in [-0.05, 0) is 44.5 Å². The second-order valence-corrected chi connectivity index (χ2v) is 6.78. The number of hydrogen-bond donors (Lipinski definition) is 3. The number of rotatable bonds is 7. The molecule has 0 radical (unpaired) electrons. The van der Waals surface area contributed by atoms with E-state index >= 15 is 0 Å². The van der Waals surface area contributed by atoms with Gasteiger partial charge in [0, 0.05) is 11.2 Å². The first kappa shape index (κ1) is 16.8. The van der Waals surface area contributed by atoms with Gasteiger partial charge in [0.15, 0.2) is 0 Å². The minimum atomic E-state index is -3.51. The SMILES string of the molecule is CCC(CC)(CC)Nc1ccc(S(=O)(=O)NC)c(N)c1. The maximum atomic E-state index is 11.8. The molecular weight excluding hydrogens is 274 g/mol. The van der Waals surface area contributed by atoms with Crippen molar-refractivity contribution in [1.29, 1.82) is 0 Å². The van der Waals surface area contributed by atoms with Crippen LogP contribution in [-0.4, -0.2) is 21.0 Å². The van der Waals surface area contributed by atoms with Crippen LogP contribution in [0.5, 0.6) is 0 Å². The molecule has 1 aromatic rings. The van der Waals surface area contributed by atoms with Gasteiger partial charge in [-0.25, -0.2) is 13.1 Å². The average Bonchev–Trinajstić information content (AvgIpc) is 2.44. The van der Waals surface area contributed by atoms with Gasteiger partial charge >= 0.3 is 0 Å². The molecule has 0 aromatic heterocycles. The van der Waals surface area contributed by atoms with Crippen LogP contribution >= 0.6 is 0 Å². The number of anilines is 2. The van der Waals surface area contributed by atoms with Crippen LogP contribution in [0.15, 0.2) is 23.1 Å². The third kappa shape index (κ3) is 3.43. The molecule has 0 aliphatic rings. The second kappa shape index (κ2) is 6.45. The third-order valence-electron chi connectivity index (χ3n) is 4.01. The summed E-state index contributed by atoms with van der Waals surface area (Å²) in [5, 5.41) is 3.48. The van der Waals surface area contributed by atoms with Crippen LogP contribution in [0.25, 0.3) is 0 Å². The Labute approximate surface area is 122 Å². The summed E-state index contributed by atoms with van der Waals surface area (Å²) in [6.07, 6.45) is 2.99. The van der Waals surface area contributed by atoms with Crippen molar-refractivity contribution in [3.05, 3.63) is 18.2 Å². The molecule has 0 heterocycles. The lowest BCUT2D eigenvalue weighted by atomic mass is 9.89. The van der Waals surface area contributed by atoms with Crippen molar-refractivity contribution in [2.75, 3.05) is 18.1 Å². The van der Waals surface area contributed by atoms with Crippen LogP contribution in [0, 0.1) is 0 Å². The molecule has 0 atom stereocenters. The summed E-state index contributed by atoms with van der Waals surface area (Å²) in [7, 11) is -2.14. The molecule has 114 valence electrons. The molecule has 0 saturated heterocycles. The fourth-order valence-corrected chi connectivity index (χ4v) is 3.14. The highest BCUT2D eigenvalue weighted by Crippen LogP contribution is 2.28. The molecule has 5 nitrogen and oxygen atoms in total. The molecule has 0 fully saturated rings. The minimum Gasteiger partial charge on any atom is -0.398 e. The minimum absolute atomic E-state index is 0.0236. The highest BCUT2D eigenvalue weighted by molar-refractivity contribution is 7.89. The van der Waals surface area contributed by atoms with Gasteiger partial charge in [-0.15, -0.1) is 0 Å². The monoisotopic (exact) mass is 299 g/mol. The molecule has 0 bridgehead atoms. The van der Waals surface area contributed by atoms with Crippen molar-refractivity contribution in [3.63, 3.8) is 0 Å². The lowest BCUT2D eigenvalue weighted by molar-refractivity contribution is 0.420. The van der Waals surface area contributed by atoms with Gasteiger partial charge in [-0.1, -0.05) is 20.8 Å². The lowest BCUT2D eigenvalue weighted by Gasteiger charge is -2.33. The first-order valence-electron chi connectivity index (χ1n) is 6.95. The van der Waals surface area contributed by atoms with E-state index in [4.69, 9.17) is 5.73 Å². The Balaban J connectivity index is 3.11. The summed E-state index contributed by atoms with van der Waals surface area (Å²) in [5.41, 5.74) is 6.99. The van der Waals surface area contributed by atoms with Gasteiger partial charge in [-0.3, -0.25) is 0 Å². The Morgan fingerprint density at radius 3 is 2.10 bits per heavy atom. The Kier molecular flexibility index (Phi) is 5.42. The Morgan fingerprint density at radius 2 is 1.70 bits per heavy atom. The van der Waals surface area contributed by atoms with E-state index in [9.17, 15) is 8.42 Å². The molecular formula is C14H25N3O2S. The number of hydrogen-bond acceptors (Lipinski definition) is 4. The van der Waals surface area contributed by atoms with E-state index < -0.39 is 10.0 Å². The smallest absolute Gasteiger partial charge is 0.242 e. The number of benzene rings is 1. The van der Waals surface area contributed by atoms with Crippen LogP contribution in [0.2, 0.25) is 0 Å². The summed E-state index contributed by atoms with van der Waals surface area (Å²) < 4.78 is 25.8. The molecule has 1 rings (SSSR count). The van der Waals surface area contributed by atoms with Crippen LogP contribution in [0.4, 0.5) is 11.4 Å². The lowest BCUT2D eigenvalue weighted by Crippen LogP contribution is -2.36. The fraction of sp³-hybridized carbons (Fsp3) is 0.571. The quantitative estimate of drug-likeness (QED) is 0.676. The maximum absolute atomic E-state index is 11.8. The van der Waals surface area contributed by atoms with Crippen molar-refractivity contribution < 1.29 is 8.42 Å². The summed E-state index contributed by atoms with van der Waals surface area (Å²) in [6.45, 7) is 6.43. The van der Waals surface area contributed by atoms with E-state index in [2.05, 4.69) is 30.8 Å². The first-order chi connectivity index (χ1) is 9.34. The number of nitrogens with two attached hydrogens (primary N) is 1. The van der Waals surface area contributed by atoms with Crippen molar-refractivity contribution in [2.45, 2.75) is 50.5 Å². The largest absolute Gasteiger partial charge is 0.398 e. The van der Waals surface area contributed by atoms with Crippen LogP contribution < -0.4 is 15.8 Å². The van der Waals surface area contributed by atoms with E-state index in [1.165, 1.54) is 13.1 Å². The van der Waals surface area contributed by atoms with Crippen molar-refractivity contribution >= 4 is 21.4 Å². The molecule has 0 unspecified atom stereocenters. The molecule has 0 saturated carbocycles. The van der Waals surface area contributed by atoms with Gasteiger partial charge in [-0.2, -0.15) is 0 Å². The van der Waals surface area contributed by atoms with Gasteiger partial charge in [0.1, 0.15) is 4.90 Å². The topological polar surface area (TPSA) is 84.2 Å². The molecule has 0 aliphatic heterocycles. The summed E-state index contributed by atoms with van der Waals surface area (Å²) in [4.78, 5) is 0.112. The van der Waals surface area contributed by atoms with Crippen LogP contribution in [0.1, 0.15) is 40.0 Å². The first-order valence-corrected chi connectivity index (χ1v) is 8.43.